The molecule has 3 unspecified atom stereocenters. The smallest absolute Gasteiger partial charge is 0.359 e. The molecule has 2 rings (SSSR count). The van der Waals surface area contributed by atoms with Crippen molar-refractivity contribution in [3.05, 3.63) is 0 Å². The van der Waals surface area contributed by atoms with Crippen LogP contribution >= 0.6 is 22.2 Å². The molecule has 0 amide bonds. The molecule has 0 spiro atoms. The van der Waals surface area contributed by atoms with E-state index in [-0.39, 0.29) is 0 Å². The Morgan fingerprint density at radius 1 is 1.20 bits per heavy atom. The molecule has 0 bridgehead atoms. The lowest BCUT2D eigenvalue weighted by atomic mass is 9.85. The molecule has 0 aromatic rings. The third-order valence-electron chi connectivity index (χ3n) is 4.47. The molecule has 1 nitrogen and oxygen atoms in total. The summed E-state index contributed by atoms with van der Waals surface area (Å²) in [4.78, 5) is 0. The number of quaternary nitrogens is 1. The van der Waals surface area contributed by atoms with Crippen molar-refractivity contribution in [1.29, 1.82) is 0 Å². The van der Waals surface area contributed by atoms with Crippen LogP contribution in [0.5, 0.6) is 0 Å². The second-order valence-electron chi connectivity index (χ2n) is 5.23. The van der Waals surface area contributed by atoms with Crippen LogP contribution in [0.2, 0.25) is 0 Å². The Hall–Kier alpha value is 0.757. The molecule has 0 aromatic heterocycles. The minimum atomic E-state index is -1.59. The summed E-state index contributed by atoms with van der Waals surface area (Å²) in [5.74, 6) is 0.942. The third-order valence-corrected chi connectivity index (χ3v) is 8.48. The van der Waals surface area contributed by atoms with E-state index in [0.29, 0.717) is 0 Å². The molecule has 2 aliphatic rings. The highest BCUT2D eigenvalue weighted by molar-refractivity contribution is 7.30. The Labute approximate surface area is 104 Å². The minimum absolute atomic E-state index is 0.824. The van der Waals surface area contributed by atoms with Gasteiger partial charge in [-0.3, -0.25) is 0 Å². The molecule has 0 aromatic carbocycles. The number of likely N-dealkylation sites (tertiary alicyclic amines) is 1. The van der Waals surface area contributed by atoms with Crippen molar-refractivity contribution >= 4 is 29.7 Å². The fourth-order valence-corrected chi connectivity index (χ4v) is 7.33. The second-order valence-corrected chi connectivity index (χ2v) is 9.96. The topological polar surface area (TPSA) is 0 Å². The summed E-state index contributed by atoms with van der Waals surface area (Å²) in [5.41, 5.74) is 0. The van der Waals surface area contributed by atoms with Crippen LogP contribution in [-0.4, -0.2) is 30.9 Å². The maximum Gasteiger partial charge on any atom is 0.471 e. The van der Waals surface area contributed by atoms with Gasteiger partial charge >= 0.3 is 7.58 Å². The number of halogens is 2. The van der Waals surface area contributed by atoms with Gasteiger partial charge in [0.15, 0.2) is 0 Å². The highest BCUT2D eigenvalue weighted by atomic mass is 35.7. The average Bonchev–Trinajstić information content (AvgIpc) is 2.60. The van der Waals surface area contributed by atoms with Crippen LogP contribution in [-0.2, 0) is 0 Å². The Balaban J connectivity index is 2.17. The second kappa shape index (κ2) is 4.95. The predicted octanol–water partition coefficient (Wildman–Crippen LogP) is 3.37. The van der Waals surface area contributed by atoms with Gasteiger partial charge in [-0.25, -0.2) is 0 Å². The average molecular weight is 267 g/mol. The summed E-state index contributed by atoms with van der Waals surface area (Å²) in [6, 6.07) is 0.824. The van der Waals surface area contributed by atoms with Crippen LogP contribution < -0.4 is 0 Å². The molecule has 1 saturated heterocycles. The van der Waals surface area contributed by atoms with Crippen LogP contribution in [0.3, 0.4) is 0 Å². The van der Waals surface area contributed by atoms with Crippen LogP contribution in [0.25, 0.3) is 0 Å². The molecule has 2 fully saturated rings. The first-order valence-electron chi connectivity index (χ1n) is 6.35. The SMILES string of the molecule is CCC[N+]1([SiH](Cl)Cl)CCC2CCCCC21. The molecular weight excluding hydrogens is 245 g/mol. The van der Waals surface area contributed by atoms with E-state index in [4.69, 9.17) is 22.2 Å². The molecule has 1 aliphatic heterocycles. The summed E-state index contributed by atoms with van der Waals surface area (Å²) < 4.78 is 1.13. The summed E-state index contributed by atoms with van der Waals surface area (Å²) in [5, 5.41) is 0. The number of hydrogen-bond acceptors (Lipinski definition) is 0. The first-order chi connectivity index (χ1) is 7.20. The Kier molecular flexibility index (Phi) is 4.03. The van der Waals surface area contributed by atoms with Crippen LogP contribution in [0.4, 0.5) is 0 Å². The molecule has 88 valence electrons. The lowest BCUT2D eigenvalue weighted by Gasteiger charge is -2.44. The first kappa shape index (κ1) is 12.2. The highest BCUT2D eigenvalue weighted by Gasteiger charge is 2.51. The van der Waals surface area contributed by atoms with Gasteiger partial charge in [-0.1, -0.05) is 35.5 Å². The Morgan fingerprint density at radius 2 is 1.93 bits per heavy atom. The van der Waals surface area contributed by atoms with E-state index in [2.05, 4.69) is 6.92 Å². The van der Waals surface area contributed by atoms with E-state index in [1.807, 2.05) is 0 Å². The van der Waals surface area contributed by atoms with Crippen molar-refractivity contribution in [2.75, 3.05) is 13.1 Å². The van der Waals surface area contributed by atoms with Crippen molar-refractivity contribution in [2.24, 2.45) is 5.92 Å². The zero-order chi connectivity index (χ0) is 10.9. The van der Waals surface area contributed by atoms with Gasteiger partial charge in [0.05, 0.1) is 19.1 Å². The lowest BCUT2D eigenvalue weighted by molar-refractivity contribution is -0.838. The fraction of sp³-hybridized carbons (Fsp3) is 1.00. The highest BCUT2D eigenvalue weighted by Crippen LogP contribution is 2.43. The number of rotatable bonds is 3. The monoisotopic (exact) mass is 266 g/mol. The zero-order valence-corrected chi connectivity index (χ0v) is 12.3. The van der Waals surface area contributed by atoms with Gasteiger partial charge in [-0.15, -0.1) is 0 Å². The van der Waals surface area contributed by atoms with Gasteiger partial charge in [0.2, 0.25) is 0 Å². The van der Waals surface area contributed by atoms with Gasteiger partial charge in [0.25, 0.3) is 0 Å². The molecule has 4 heteroatoms. The molecule has 1 aliphatic carbocycles. The van der Waals surface area contributed by atoms with Gasteiger partial charge in [-0.05, 0) is 25.7 Å². The van der Waals surface area contributed by atoms with E-state index < -0.39 is 7.58 Å². The maximum atomic E-state index is 6.42. The van der Waals surface area contributed by atoms with Crippen molar-refractivity contribution in [3.63, 3.8) is 0 Å². The summed E-state index contributed by atoms with van der Waals surface area (Å²) in [7, 11) is -1.59. The van der Waals surface area contributed by atoms with Gasteiger partial charge in [-0.2, -0.15) is 0 Å². The number of fused-ring (bicyclic) bond motifs is 1. The standard InChI is InChI=1S/C11H22Cl2NSi/c1-2-8-14(15(12)13)9-7-10-5-3-4-6-11(10)14/h10-11,15H,2-9H2,1H3/q+1. The molecule has 0 radical (unpaired) electrons. The molecular formula is C11H22Cl2NSi+. The molecule has 0 N–H and O–H groups in total. The number of hydrogen-bond donors (Lipinski definition) is 0. The van der Waals surface area contributed by atoms with Crippen LogP contribution in [0, 0.1) is 5.92 Å². The van der Waals surface area contributed by atoms with Gasteiger partial charge in [0.1, 0.15) is 0 Å². The van der Waals surface area contributed by atoms with Crippen LogP contribution in [0.1, 0.15) is 45.4 Å². The predicted molar refractivity (Wildman–Crippen MR) is 69.5 cm³/mol. The maximum absolute atomic E-state index is 6.42. The molecule has 15 heavy (non-hydrogen) atoms. The molecule has 3 atom stereocenters. The summed E-state index contributed by atoms with van der Waals surface area (Å²) in [6.07, 6.45) is 8.26. The molecule has 1 saturated carbocycles. The van der Waals surface area contributed by atoms with Gasteiger partial charge in [0, 0.05) is 12.3 Å². The summed E-state index contributed by atoms with van der Waals surface area (Å²) in [6.45, 7) is 4.76. The van der Waals surface area contributed by atoms with E-state index in [9.17, 15) is 0 Å². The number of nitrogens with zero attached hydrogens (tertiary/aromatic N) is 1. The Bertz CT molecular complexity index is 225. The normalized spacial score (nSPS) is 40.8. The summed E-state index contributed by atoms with van der Waals surface area (Å²) >= 11 is 12.8. The first-order valence-corrected chi connectivity index (χ1v) is 10.4. The largest absolute Gasteiger partial charge is 0.471 e. The van der Waals surface area contributed by atoms with E-state index in [1.165, 1.54) is 51.6 Å². The fourth-order valence-electron chi connectivity index (χ4n) is 3.81. The third kappa shape index (κ3) is 2.11. The van der Waals surface area contributed by atoms with Gasteiger partial charge < -0.3 is 4.15 Å². The van der Waals surface area contributed by atoms with E-state index in [1.54, 1.807) is 0 Å². The quantitative estimate of drug-likeness (QED) is 0.543. The lowest BCUT2D eigenvalue weighted by Crippen LogP contribution is -2.59. The van der Waals surface area contributed by atoms with Crippen molar-refractivity contribution in [1.82, 2.24) is 0 Å². The van der Waals surface area contributed by atoms with Crippen LogP contribution in [0.15, 0.2) is 0 Å². The van der Waals surface area contributed by atoms with E-state index >= 15 is 0 Å². The Morgan fingerprint density at radius 3 is 2.60 bits per heavy atom. The van der Waals surface area contributed by atoms with E-state index in [0.717, 1.165) is 16.1 Å². The van der Waals surface area contributed by atoms with Crippen molar-refractivity contribution in [3.8, 4) is 0 Å². The minimum Gasteiger partial charge on any atom is -0.359 e. The van der Waals surface area contributed by atoms with Crippen molar-refractivity contribution < 1.29 is 4.15 Å². The van der Waals surface area contributed by atoms with Crippen molar-refractivity contribution in [2.45, 2.75) is 51.5 Å². The zero-order valence-electron chi connectivity index (χ0n) is 9.59. The molecule has 1 heterocycles.